The van der Waals surface area contributed by atoms with Crippen LogP contribution < -0.4 is 0 Å². The van der Waals surface area contributed by atoms with Crippen molar-refractivity contribution in [2.45, 2.75) is 6.18 Å². The fourth-order valence-electron chi connectivity index (χ4n) is 1.08. The third-order valence-corrected chi connectivity index (χ3v) is 1.85. The minimum absolute atomic E-state index is 0.175. The van der Waals surface area contributed by atoms with Crippen LogP contribution in [0.1, 0.15) is 15.9 Å². The minimum atomic E-state index is -4.53. The zero-order chi connectivity index (χ0) is 12.3. The molecule has 6 heteroatoms. The molecular weight excluding hydrogens is 223 g/mol. The molecule has 0 aliphatic carbocycles. The topological polar surface area (TPSA) is 30.7 Å². The molecular formula is C10H6F3NO2. The normalized spacial score (nSPS) is 10.7. The number of alkyl halides is 3. The number of carbonyl (C=O) groups is 1. The number of nitrogens with zero attached hydrogens (tertiary/aromatic N) is 1. The minimum Gasteiger partial charge on any atom is -0.466 e. The summed E-state index contributed by atoms with van der Waals surface area (Å²) in [5, 5.41) is 0. The maximum Gasteiger partial charge on any atom is 0.415 e. The van der Waals surface area contributed by atoms with Gasteiger partial charge >= 0.3 is 12.1 Å². The van der Waals surface area contributed by atoms with Crippen molar-refractivity contribution in [2.75, 3.05) is 7.11 Å². The van der Waals surface area contributed by atoms with Gasteiger partial charge in [0.25, 0.3) is 0 Å². The smallest absolute Gasteiger partial charge is 0.415 e. The van der Waals surface area contributed by atoms with E-state index in [0.29, 0.717) is 6.07 Å². The van der Waals surface area contributed by atoms with Crippen LogP contribution >= 0.6 is 0 Å². The summed E-state index contributed by atoms with van der Waals surface area (Å²) in [6.07, 6.45) is -4.53. The number of halogens is 3. The van der Waals surface area contributed by atoms with Gasteiger partial charge in [0, 0.05) is 5.56 Å². The van der Waals surface area contributed by atoms with Crippen molar-refractivity contribution in [3.8, 4) is 0 Å². The van der Waals surface area contributed by atoms with E-state index in [0.717, 1.165) is 19.2 Å². The lowest BCUT2D eigenvalue weighted by Crippen LogP contribution is -2.07. The predicted molar refractivity (Wildman–Crippen MR) is 49.0 cm³/mol. The van der Waals surface area contributed by atoms with Gasteiger partial charge < -0.3 is 4.74 Å². The number of hydrogen-bond donors (Lipinski definition) is 0. The number of carbonyl (C=O) groups excluding carboxylic acids is 1. The van der Waals surface area contributed by atoms with Gasteiger partial charge in [0.05, 0.1) is 19.2 Å². The first-order chi connectivity index (χ1) is 7.40. The van der Waals surface area contributed by atoms with Crippen LogP contribution in [-0.4, -0.2) is 13.1 Å². The molecule has 0 saturated carbocycles. The number of ether oxygens (including phenoxy) is 1. The van der Waals surface area contributed by atoms with Crippen LogP contribution in [0.15, 0.2) is 18.2 Å². The molecule has 0 aliphatic rings. The number of benzene rings is 1. The van der Waals surface area contributed by atoms with Gasteiger partial charge in [-0.15, -0.1) is 0 Å². The molecule has 3 nitrogen and oxygen atoms in total. The van der Waals surface area contributed by atoms with Crippen LogP contribution in [-0.2, 0) is 10.9 Å². The van der Waals surface area contributed by atoms with E-state index in [1.54, 1.807) is 0 Å². The van der Waals surface area contributed by atoms with Crippen LogP contribution in [0.4, 0.5) is 18.9 Å². The summed E-state index contributed by atoms with van der Waals surface area (Å²) in [6, 6.07) is 2.29. The largest absolute Gasteiger partial charge is 0.466 e. The Bertz CT molecular complexity index is 460. The molecule has 16 heavy (non-hydrogen) atoms. The standard InChI is InChI=1S/C10H6F3NO2/c1-14-8-5-6(10(11,12)13)3-4-7(8)9(15)16-2/h3-5H,2H3. The molecule has 0 saturated heterocycles. The highest BCUT2D eigenvalue weighted by Gasteiger charge is 2.31. The average molecular weight is 229 g/mol. The summed E-state index contributed by atoms with van der Waals surface area (Å²) in [7, 11) is 1.09. The highest BCUT2D eigenvalue weighted by Crippen LogP contribution is 2.33. The van der Waals surface area contributed by atoms with Gasteiger partial charge in [-0.25, -0.2) is 9.64 Å². The zero-order valence-electron chi connectivity index (χ0n) is 8.13. The molecule has 0 heterocycles. The van der Waals surface area contributed by atoms with E-state index >= 15 is 0 Å². The van der Waals surface area contributed by atoms with Crippen molar-refractivity contribution in [2.24, 2.45) is 0 Å². The third-order valence-electron chi connectivity index (χ3n) is 1.85. The number of hydrogen-bond acceptors (Lipinski definition) is 2. The van der Waals surface area contributed by atoms with Crippen molar-refractivity contribution >= 4 is 11.7 Å². The maximum atomic E-state index is 12.3. The molecule has 1 aromatic carbocycles. The van der Waals surface area contributed by atoms with Crippen molar-refractivity contribution in [3.05, 3.63) is 40.7 Å². The molecule has 0 spiro atoms. The highest BCUT2D eigenvalue weighted by molar-refractivity contribution is 5.96. The quantitative estimate of drug-likeness (QED) is 0.547. The lowest BCUT2D eigenvalue weighted by atomic mass is 10.1. The Morgan fingerprint density at radius 1 is 1.44 bits per heavy atom. The highest BCUT2D eigenvalue weighted by atomic mass is 19.4. The Labute approximate surface area is 89.3 Å². The molecule has 0 amide bonds. The van der Waals surface area contributed by atoms with Gasteiger partial charge in [-0.1, -0.05) is 12.1 Å². The number of rotatable bonds is 1. The zero-order valence-corrected chi connectivity index (χ0v) is 8.13. The molecule has 0 aliphatic heterocycles. The first-order valence-electron chi connectivity index (χ1n) is 4.07. The van der Waals surface area contributed by atoms with Crippen molar-refractivity contribution in [1.29, 1.82) is 0 Å². The fraction of sp³-hybridized carbons (Fsp3) is 0.200. The Morgan fingerprint density at radius 3 is 2.50 bits per heavy atom. The number of esters is 1. The molecule has 0 N–H and O–H groups in total. The van der Waals surface area contributed by atoms with Crippen molar-refractivity contribution in [1.82, 2.24) is 0 Å². The van der Waals surface area contributed by atoms with Crippen LogP contribution in [0.3, 0.4) is 0 Å². The molecule has 1 aromatic rings. The van der Waals surface area contributed by atoms with Gasteiger partial charge in [0.1, 0.15) is 0 Å². The third kappa shape index (κ3) is 2.31. The molecule has 1 rings (SSSR count). The van der Waals surface area contributed by atoms with Gasteiger partial charge in [0.15, 0.2) is 0 Å². The van der Waals surface area contributed by atoms with Crippen LogP contribution in [0.25, 0.3) is 4.85 Å². The van der Waals surface area contributed by atoms with Crippen LogP contribution in [0, 0.1) is 6.57 Å². The molecule has 0 aromatic heterocycles. The van der Waals surface area contributed by atoms with E-state index in [1.807, 2.05) is 0 Å². The molecule has 0 fully saturated rings. The first kappa shape index (κ1) is 12.0. The van der Waals surface area contributed by atoms with Gasteiger partial charge in [-0.3, -0.25) is 0 Å². The summed E-state index contributed by atoms with van der Waals surface area (Å²) < 4.78 is 41.2. The van der Waals surface area contributed by atoms with Gasteiger partial charge in [-0.05, 0) is 6.07 Å². The molecule has 84 valence electrons. The second-order valence-electron chi connectivity index (χ2n) is 2.83. The second-order valence-corrected chi connectivity index (χ2v) is 2.83. The average Bonchev–Trinajstić information content (AvgIpc) is 2.26. The Morgan fingerprint density at radius 2 is 2.06 bits per heavy atom. The van der Waals surface area contributed by atoms with E-state index in [9.17, 15) is 18.0 Å². The lowest BCUT2D eigenvalue weighted by molar-refractivity contribution is -0.137. The summed E-state index contributed by atoms with van der Waals surface area (Å²) in [4.78, 5) is 14.0. The van der Waals surface area contributed by atoms with Gasteiger partial charge in [0.2, 0.25) is 5.69 Å². The summed E-state index contributed by atoms with van der Waals surface area (Å²) in [5.41, 5.74) is -1.52. The maximum absolute atomic E-state index is 12.3. The van der Waals surface area contributed by atoms with Crippen LogP contribution in [0.5, 0.6) is 0 Å². The predicted octanol–water partition coefficient (Wildman–Crippen LogP) is 3.04. The van der Waals surface area contributed by atoms with E-state index in [-0.39, 0.29) is 11.3 Å². The molecule has 0 radical (unpaired) electrons. The second kappa shape index (κ2) is 4.23. The Balaban J connectivity index is 3.29. The van der Waals surface area contributed by atoms with Crippen LogP contribution in [0.2, 0.25) is 0 Å². The molecule has 0 bridgehead atoms. The van der Waals surface area contributed by atoms with Crippen molar-refractivity contribution in [3.63, 3.8) is 0 Å². The molecule has 0 unspecified atom stereocenters. The van der Waals surface area contributed by atoms with E-state index in [2.05, 4.69) is 9.58 Å². The first-order valence-corrected chi connectivity index (χ1v) is 4.07. The van der Waals surface area contributed by atoms with E-state index < -0.39 is 17.7 Å². The summed E-state index contributed by atoms with van der Waals surface area (Å²) >= 11 is 0. The van der Waals surface area contributed by atoms with E-state index in [4.69, 9.17) is 6.57 Å². The Hall–Kier alpha value is -2.03. The Kier molecular flexibility index (Phi) is 3.18. The van der Waals surface area contributed by atoms with Crippen molar-refractivity contribution < 1.29 is 22.7 Å². The summed E-state index contributed by atoms with van der Waals surface area (Å²) in [6.45, 7) is 6.70. The fourth-order valence-corrected chi connectivity index (χ4v) is 1.08. The number of methoxy groups -OCH3 is 1. The lowest BCUT2D eigenvalue weighted by Gasteiger charge is -2.08. The van der Waals surface area contributed by atoms with E-state index in [1.165, 1.54) is 0 Å². The van der Waals surface area contributed by atoms with Gasteiger partial charge in [-0.2, -0.15) is 13.2 Å². The monoisotopic (exact) mass is 229 g/mol. The SMILES string of the molecule is [C-]#[N+]c1cc(C(F)(F)F)ccc1C(=O)OC. The summed E-state index contributed by atoms with van der Waals surface area (Å²) in [5.74, 6) is -0.834. The molecule has 0 atom stereocenters.